The molecule has 5 nitrogen and oxygen atoms in total. The molecule has 0 aromatic rings. The van der Waals surface area contributed by atoms with Gasteiger partial charge in [-0.25, -0.2) is 21.5 Å². The molecular weight excluding hydrogens is 280 g/mol. The first-order valence-electron chi connectivity index (χ1n) is 6.31. The molecule has 2 rings (SSSR count). The van der Waals surface area contributed by atoms with E-state index in [-0.39, 0.29) is 32.4 Å². The minimum absolute atomic E-state index is 0.101. The predicted molar refractivity (Wildman–Crippen MR) is 63.4 cm³/mol. The third kappa shape index (κ3) is 3.05. The van der Waals surface area contributed by atoms with Gasteiger partial charge in [-0.2, -0.15) is 0 Å². The minimum atomic E-state index is -3.79. The van der Waals surface area contributed by atoms with Crippen LogP contribution >= 0.6 is 0 Å². The number of carboxylic acid groups (broad SMARTS) is 1. The van der Waals surface area contributed by atoms with Gasteiger partial charge in [0, 0.05) is 25.4 Å². The highest BCUT2D eigenvalue weighted by molar-refractivity contribution is 7.89. The first kappa shape index (κ1) is 14.6. The summed E-state index contributed by atoms with van der Waals surface area (Å²) in [5, 5.41) is 8.82. The molecule has 2 atom stereocenters. The molecule has 1 saturated heterocycles. The number of hydrogen-bond acceptors (Lipinski definition) is 3. The fraction of sp³-hybridized carbons (Fsp3) is 0.909. The molecule has 8 heteroatoms. The molecule has 1 heterocycles. The molecule has 2 fully saturated rings. The second-order valence-electron chi connectivity index (χ2n) is 5.31. The van der Waals surface area contributed by atoms with Crippen LogP contribution in [0.25, 0.3) is 0 Å². The quantitative estimate of drug-likeness (QED) is 0.845. The Bertz CT molecular complexity index is 465. The van der Waals surface area contributed by atoms with Gasteiger partial charge in [-0.3, -0.25) is 4.79 Å². The summed E-state index contributed by atoms with van der Waals surface area (Å²) in [5.74, 6) is -6.39. The van der Waals surface area contributed by atoms with Crippen molar-refractivity contribution in [1.29, 1.82) is 0 Å². The van der Waals surface area contributed by atoms with Crippen LogP contribution in [0.4, 0.5) is 8.78 Å². The Morgan fingerprint density at radius 2 is 2.05 bits per heavy atom. The summed E-state index contributed by atoms with van der Waals surface area (Å²) < 4.78 is 52.0. The molecule has 0 aromatic carbocycles. The lowest BCUT2D eigenvalue weighted by molar-refractivity contribution is -0.141. The van der Waals surface area contributed by atoms with Crippen molar-refractivity contribution in [3.63, 3.8) is 0 Å². The molecule has 1 N–H and O–H groups in total. The molecule has 1 saturated carbocycles. The van der Waals surface area contributed by atoms with Crippen molar-refractivity contribution in [3.05, 3.63) is 0 Å². The fourth-order valence-electron chi connectivity index (χ4n) is 2.75. The van der Waals surface area contributed by atoms with Crippen LogP contribution in [0.3, 0.4) is 0 Å². The van der Waals surface area contributed by atoms with Gasteiger partial charge in [0.05, 0.1) is 11.7 Å². The number of rotatable bonds is 4. The number of halogens is 2. The first-order valence-corrected chi connectivity index (χ1v) is 7.92. The Morgan fingerprint density at radius 1 is 1.37 bits per heavy atom. The van der Waals surface area contributed by atoms with E-state index in [4.69, 9.17) is 5.11 Å². The summed E-state index contributed by atoms with van der Waals surface area (Å²) >= 11 is 0. The van der Waals surface area contributed by atoms with Crippen molar-refractivity contribution in [3.8, 4) is 0 Å². The zero-order valence-electron chi connectivity index (χ0n) is 10.4. The summed E-state index contributed by atoms with van der Waals surface area (Å²) in [6.07, 6.45) is 0.536. The topological polar surface area (TPSA) is 74.7 Å². The van der Waals surface area contributed by atoms with Gasteiger partial charge >= 0.3 is 5.97 Å². The van der Waals surface area contributed by atoms with Crippen molar-refractivity contribution in [2.24, 2.45) is 11.8 Å². The summed E-state index contributed by atoms with van der Waals surface area (Å²) in [7, 11) is -3.79. The van der Waals surface area contributed by atoms with Crippen LogP contribution in [-0.2, 0) is 14.8 Å². The summed E-state index contributed by atoms with van der Waals surface area (Å²) in [6, 6.07) is 0. The average molecular weight is 297 g/mol. The van der Waals surface area contributed by atoms with Crippen molar-refractivity contribution in [1.82, 2.24) is 4.31 Å². The van der Waals surface area contributed by atoms with Crippen molar-refractivity contribution >= 4 is 16.0 Å². The minimum Gasteiger partial charge on any atom is -0.481 e. The summed E-state index contributed by atoms with van der Waals surface area (Å²) in [4.78, 5) is 10.8. The SMILES string of the molecule is O=C(O)C1CCN(S(=O)(=O)CC2CCCC2(F)F)C1. The van der Waals surface area contributed by atoms with E-state index in [9.17, 15) is 22.0 Å². The van der Waals surface area contributed by atoms with E-state index < -0.39 is 39.5 Å². The van der Waals surface area contributed by atoms with E-state index in [0.29, 0.717) is 6.42 Å². The maximum atomic E-state index is 13.5. The monoisotopic (exact) mass is 297 g/mol. The van der Waals surface area contributed by atoms with E-state index in [0.717, 1.165) is 4.31 Å². The Hall–Kier alpha value is -0.760. The van der Waals surface area contributed by atoms with E-state index in [2.05, 4.69) is 0 Å². The average Bonchev–Trinajstić information content (AvgIpc) is 2.86. The van der Waals surface area contributed by atoms with Crippen LogP contribution in [0.5, 0.6) is 0 Å². The fourth-order valence-corrected chi connectivity index (χ4v) is 4.67. The molecule has 19 heavy (non-hydrogen) atoms. The predicted octanol–water partition coefficient (Wildman–Crippen LogP) is 1.16. The number of hydrogen-bond donors (Lipinski definition) is 1. The highest BCUT2D eigenvalue weighted by Crippen LogP contribution is 2.41. The van der Waals surface area contributed by atoms with Crippen molar-refractivity contribution < 1.29 is 27.1 Å². The van der Waals surface area contributed by atoms with E-state index in [1.807, 2.05) is 0 Å². The van der Waals surface area contributed by atoms with E-state index in [1.165, 1.54) is 0 Å². The molecule has 110 valence electrons. The second kappa shape index (κ2) is 4.97. The largest absolute Gasteiger partial charge is 0.481 e. The standard InChI is InChI=1S/C11H17F2NO4S/c12-11(13)4-1-2-9(11)7-19(17,18)14-5-3-8(6-14)10(15)16/h8-9H,1-7H2,(H,15,16). The van der Waals surface area contributed by atoms with Gasteiger partial charge in [0.1, 0.15) is 0 Å². The zero-order valence-corrected chi connectivity index (χ0v) is 11.2. The zero-order chi connectivity index (χ0) is 14.3. The smallest absolute Gasteiger partial charge is 0.307 e. The molecule has 0 bridgehead atoms. The van der Waals surface area contributed by atoms with Gasteiger partial charge < -0.3 is 5.11 Å². The molecule has 1 aliphatic carbocycles. The molecule has 2 aliphatic rings. The molecular formula is C11H17F2NO4S. The first-order chi connectivity index (χ1) is 8.72. The lowest BCUT2D eigenvalue weighted by Gasteiger charge is -2.22. The van der Waals surface area contributed by atoms with Crippen LogP contribution in [-0.4, -0.2) is 48.6 Å². The van der Waals surface area contributed by atoms with Gasteiger partial charge in [-0.05, 0) is 19.3 Å². The lowest BCUT2D eigenvalue weighted by atomic mass is 10.1. The van der Waals surface area contributed by atoms with Crippen LogP contribution in [0.2, 0.25) is 0 Å². The summed E-state index contributed by atoms with van der Waals surface area (Å²) in [5.41, 5.74) is 0. The van der Waals surface area contributed by atoms with Gasteiger partial charge in [0.15, 0.2) is 0 Å². The lowest BCUT2D eigenvalue weighted by Crippen LogP contribution is -2.37. The Kier molecular flexibility index (Phi) is 3.83. The van der Waals surface area contributed by atoms with Crippen LogP contribution in [0, 0.1) is 11.8 Å². The van der Waals surface area contributed by atoms with Gasteiger partial charge in [0.2, 0.25) is 10.0 Å². The van der Waals surface area contributed by atoms with Crippen molar-refractivity contribution in [2.45, 2.75) is 31.6 Å². The number of alkyl halides is 2. The number of carbonyl (C=O) groups is 1. The highest BCUT2D eigenvalue weighted by atomic mass is 32.2. The van der Waals surface area contributed by atoms with Gasteiger partial charge in [-0.15, -0.1) is 0 Å². The van der Waals surface area contributed by atoms with Gasteiger partial charge in [-0.1, -0.05) is 0 Å². The Morgan fingerprint density at radius 3 is 2.53 bits per heavy atom. The third-order valence-corrected chi connectivity index (χ3v) is 5.91. The molecule has 2 unspecified atom stereocenters. The molecule has 1 aliphatic heterocycles. The van der Waals surface area contributed by atoms with E-state index in [1.54, 1.807) is 0 Å². The second-order valence-corrected chi connectivity index (χ2v) is 7.32. The summed E-state index contributed by atoms with van der Waals surface area (Å²) in [6.45, 7) is 0.00749. The number of nitrogens with zero attached hydrogens (tertiary/aromatic N) is 1. The molecule has 0 radical (unpaired) electrons. The van der Waals surface area contributed by atoms with Crippen molar-refractivity contribution in [2.75, 3.05) is 18.8 Å². The highest BCUT2D eigenvalue weighted by Gasteiger charge is 2.47. The van der Waals surface area contributed by atoms with E-state index >= 15 is 0 Å². The Labute approximate surface area is 110 Å². The van der Waals surface area contributed by atoms with Crippen LogP contribution < -0.4 is 0 Å². The third-order valence-electron chi connectivity index (χ3n) is 3.97. The normalized spacial score (nSPS) is 31.7. The maximum Gasteiger partial charge on any atom is 0.307 e. The molecule has 0 aromatic heterocycles. The molecule has 0 amide bonds. The number of sulfonamides is 1. The molecule has 0 spiro atoms. The number of aliphatic carboxylic acids is 1. The van der Waals surface area contributed by atoms with Crippen LogP contribution in [0.1, 0.15) is 25.7 Å². The maximum absolute atomic E-state index is 13.5. The number of carboxylic acids is 1. The van der Waals surface area contributed by atoms with Crippen LogP contribution in [0.15, 0.2) is 0 Å². The Balaban J connectivity index is 2.02. The van der Waals surface area contributed by atoms with Gasteiger partial charge in [0.25, 0.3) is 5.92 Å².